The summed E-state index contributed by atoms with van der Waals surface area (Å²) in [6.45, 7) is 3.09. The Morgan fingerprint density at radius 2 is 2.39 bits per heavy atom. The van der Waals surface area contributed by atoms with Crippen molar-refractivity contribution in [2.24, 2.45) is 11.8 Å². The highest BCUT2D eigenvalue weighted by Gasteiger charge is 2.21. The van der Waals surface area contributed by atoms with E-state index in [1.807, 2.05) is 0 Å². The fraction of sp³-hybridized carbons (Fsp3) is 0.818. The molecule has 0 amide bonds. The number of hydrogen-bond donors (Lipinski definition) is 1. The Morgan fingerprint density at radius 1 is 1.56 bits per heavy atom. The van der Waals surface area contributed by atoms with Crippen molar-refractivity contribution < 1.29 is 9.90 Å². The van der Waals surface area contributed by atoms with Crippen LogP contribution in [0, 0.1) is 11.8 Å². The Balaban J connectivity index is 1.92. The SMILES string of the molecule is CC1CCCC(Cn2nnnc2SCC(=O)O)C1. The molecule has 1 aliphatic rings. The number of tetrazole rings is 1. The van der Waals surface area contributed by atoms with E-state index in [4.69, 9.17) is 5.11 Å². The predicted octanol–water partition coefficient (Wildman–Crippen LogP) is 1.68. The van der Waals surface area contributed by atoms with Crippen molar-refractivity contribution >= 4 is 17.7 Å². The van der Waals surface area contributed by atoms with Gasteiger partial charge in [0.15, 0.2) is 0 Å². The van der Waals surface area contributed by atoms with Crippen LogP contribution in [0.5, 0.6) is 0 Å². The Hall–Kier alpha value is -1.11. The van der Waals surface area contributed by atoms with E-state index in [9.17, 15) is 4.79 Å². The first-order valence-electron chi connectivity index (χ1n) is 6.26. The van der Waals surface area contributed by atoms with Crippen LogP contribution in [0.15, 0.2) is 5.16 Å². The molecule has 2 atom stereocenters. The van der Waals surface area contributed by atoms with E-state index in [0.717, 1.165) is 12.5 Å². The monoisotopic (exact) mass is 270 g/mol. The molecule has 1 saturated carbocycles. The van der Waals surface area contributed by atoms with Crippen LogP contribution in [-0.4, -0.2) is 37.0 Å². The highest BCUT2D eigenvalue weighted by atomic mass is 32.2. The summed E-state index contributed by atoms with van der Waals surface area (Å²) in [5.74, 6) is 0.541. The highest BCUT2D eigenvalue weighted by molar-refractivity contribution is 7.99. The Morgan fingerprint density at radius 3 is 3.11 bits per heavy atom. The number of carboxylic acid groups (broad SMARTS) is 1. The molecule has 2 unspecified atom stereocenters. The quantitative estimate of drug-likeness (QED) is 0.820. The summed E-state index contributed by atoms with van der Waals surface area (Å²) in [5, 5.41) is 20.7. The van der Waals surface area contributed by atoms with E-state index >= 15 is 0 Å². The maximum absolute atomic E-state index is 10.5. The van der Waals surface area contributed by atoms with Gasteiger partial charge in [0, 0.05) is 6.54 Å². The van der Waals surface area contributed by atoms with Gasteiger partial charge in [-0.2, -0.15) is 0 Å². The van der Waals surface area contributed by atoms with E-state index in [1.54, 1.807) is 4.68 Å². The van der Waals surface area contributed by atoms with Crippen LogP contribution in [0.4, 0.5) is 0 Å². The molecule has 1 aromatic heterocycles. The lowest BCUT2D eigenvalue weighted by Crippen LogP contribution is -2.20. The number of rotatable bonds is 5. The number of thioether (sulfide) groups is 1. The second kappa shape index (κ2) is 6.17. The van der Waals surface area contributed by atoms with E-state index in [1.165, 1.54) is 37.4 Å². The van der Waals surface area contributed by atoms with Crippen LogP contribution in [0.2, 0.25) is 0 Å². The number of hydrogen-bond acceptors (Lipinski definition) is 5. The van der Waals surface area contributed by atoms with Gasteiger partial charge in [-0.25, -0.2) is 4.68 Å². The zero-order chi connectivity index (χ0) is 13.0. The van der Waals surface area contributed by atoms with Gasteiger partial charge >= 0.3 is 5.97 Å². The van der Waals surface area contributed by atoms with Gasteiger partial charge in [-0.05, 0) is 35.1 Å². The second-order valence-electron chi connectivity index (χ2n) is 4.96. The summed E-state index contributed by atoms with van der Waals surface area (Å²) in [6, 6.07) is 0. The van der Waals surface area contributed by atoms with Crippen molar-refractivity contribution in [3.8, 4) is 0 Å². The Kier molecular flexibility index (Phi) is 4.57. The first-order chi connectivity index (χ1) is 8.65. The Bertz CT molecular complexity index is 410. The molecule has 1 fully saturated rings. The molecule has 2 rings (SSSR count). The molecule has 0 bridgehead atoms. The van der Waals surface area contributed by atoms with Crippen molar-refractivity contribution in [3.05, 3.63) is 0 Å². The number of aliphatic carboxylic acids is 1. The predicted molar refractivity (Wildman–Crippen MR) is 67.3 cm³/mol. The molecule has 0 aliphatic heterocycles. The second-order valence-corrected chi connectivity index (χ2v) is 5.91. The molecule has 1 heterocycles. The summed E-state index contributed by atoms with van der Waals surface area (Å²) >= 11 is 1.18. The number of nitrogens with zero attached hydrogens (tertiary/aromatic N) is 4. The Labute approximate surface area is 110 Å². The van der Waals surface area contributed by atoms with E-state index in [-0.39, 0.29) is 5.75 Å². The van der Waals surface area contributed by atoms with Gasteiger partial charge in [0.25, 0.3) is 0 Å². The first-order valence-corrected chi connectivity index (χ1v) is 7.24. The van der Waals surface area contributed by atoms with Gasteiger partial charge in [-0.3, -0.25) is 4.79 Å². The van der Waals surface area contributed by atoms with Crippen LogP contribution in [-0.2, 0) is 11.3 Å². The molecule has 100 valence electrons. The molecular weight excluding hydrogens is 252 g/mol. The van der Waals surface area contributed by atoms with Crippen LogP contribution < -0.4 is 0 Å². The lowest BCUT2D eigenvalue weighted by atomic mass is 9.82. The number of aromatic nitrogens is 4. The lowest BCUT2D eigenvalue weighted by Gasteiger charge is -2.26. The van der Waals surface area contributed by atoms with Gasteiger partial charge in [-0.15, -0.1) is 5.10 Å². The molecule has 1 aliphatic carbocycles. The van der Waals surface area contributed by atoms with Crippen molar-refractivity contribution in [2.75, 3.05) is 5.75 Å². The standard InChI is InChI=1S/C11H18N4O2S/c1-8-3-2-4-9(5-8)6-15-11(12-13-14-15)18-7-10(16)17/h8-9H,2-7H2,1H3,(H,16,17). The van der Waals surface area contributed by atoms with Crippen molar-refractivity contribution in [1.82, 2.24) is 20.2 Å². The third-order valence-electron chi connectivity index (χ3n) is 3.30. The fourth-order valence-corrected chi connectivity index (χ4v) is 3.12. The number of carbonyl (C=O) groups is 1. The van der Waals surface area contributed by atoms with Gasteiger partial charge in [0.2, 0.25) is 5.16 Å². The van der Waals surface area contributed by atoms with E-state index in [2.05, 4.69) is 22.4 Å². The van der Waals surface area contributed by atoms with Gasteiger partial charge in [0.05, 0.1) is 5.75 Å². The van der Waals surface area contributed by atoms with Crippen molar-refractivity contribution in [3.63, 3.8) is 0 Å². The zero-order valence-corrected chi connectivity index (χ0v) is 11.3. The third kappa shape index (κ3) is 3.69. The topological polar surface area (TPSA) is 80.9 Å². The highest BCUT2D eigenvalue weighted by Crippen LogP contribution is 2.30. The zero-order valence-electron chi connectivity index (χ0n) is 10.4. The summed E-state index contributed by atoms with van der Waals surface area (Å²) in [4.78, 5) is 10.5. The molecule has 7 heteroatoms. The van der Waals surface area contributed by atoms with Crippen molar-refractivity contribution in [2.45, 2.75) is 44.3 Å². The summed E-state index contributed by atoms with van der Waals surface area (Å²) in [5.41, 5.74) is 0. The molecule has 0 aromatic carbocycles. The average Bonchev–Trinajstić information content (AvgIpc) is 2.74. The summed E-state index contributed by atoms with van der Waals surface area (Å²) in [6.07, 6.45) is 5.01. The van der Waals surface area contributed by atoms with Crippen LogP contribution in [0.25, 0.3) is 0 Å². The smallest absolute Gasteiger partial charge is 0.313 e. The maximum atomic E-state index is 10.5. The first kappa shape index (κ1) is 13.3. The summed E-state index contributed by atoms with van der Waals surface area (Å²) in [7, 11) is 0. The van der Waals surface area contributed by atoms with Crippen LogP contribution >= 0.6 is 11.8 Å². The van der Waals surface area contributed by atoms with Crippen molar-refractivity contribution in [1.29, 1.82) is 0 Å². The van der Waals surface area contributed by atoms with Gasteiger partial charge in [0.1, 0.15) is 0 Å². The molecule has 0 radical (unpaired) electrons. The lowest BCUT2D eigenvalue weighted by molar-refractivity contribution is -0.133. The normalized spacial score (nSPS) is 24.1. The average molecular weight is 270 g/mol. The van der Waals surface area contributed by atoms with Crippen LogP contribution in [0.1, 0.15) is 32.6 Å². The molecule has 0 spiro atoms. The van der Waals surface area contributed by atoms with E-state index < -0.39 is 5.97 Å². The van der Waals surface area contributed by atoms with Gasteiger partial charge in [-0.1, -0.05) is 31.5 Å². The fourth-order valence-electron chi connectivity index (χ4n) is 2.51. The number of carboxylic acids is 1. The molecule has 6 nitrogen and oxygen atoms in total. The molecule has 1 N–H and O–H groups in total. The third-order valence-corrected chi connectivity index (χ3v) is 4.24. The van der Waals surface area contributed by atoms with Gasteiger partial charge < -0.3 is 5.11 Å². The minimum atomic E-state index is -0.846. The van der Waals surface area contributed by atoms with Crippen LogP contribution in [0.3, 0.4) is 0 Å². The minimum Gasteiger partial charge on any atom is -0.481 e. The molecule has 0 saturated heterocycles. The minimum absolute atomic E-state index is 0.00143. The molecule has 18 heavy (non-hydrogen) atoms. The maximum Gasteiger partial charge on any atom is 0.313 e. The summed E-state index contributed by atoms with van der Waals surface area (Å²) < 4.78 is 1.75. The van der Waals surface area contributed by atoms with E-state index in [0.29, 0.717) is 11.1 Å². The molecule has 1 aromatic rings. The molecular formula is C11H18N4O2S. The largest absolute Gasteiger partial charge is 0.481 e.